The van der Waals surface area contributed by atoms with E-state index in [1.165, 1.54) is 6.92 Å². The standard InChI is InChI=1S/C9H17F2O4.C3H6F2O.Rf/c10-9(11)7-15-6-8(13)5-14-4-2-1-3-12;1-2-3(4,5)6;/h8,12-13H,1-7H2;6H,2H2,1H3;/q-1;;. The second-order valence-corrected chi connectivity index (χ2v) is 4.03. The van der Waals surface area contributed by atoms with E-state index in [1.54, 1.807) is 0 Å². The van der Waals surface area contributed by atoms with Crippen molar-refractivity contribution < 1.29 is 42.4 Å². The molecule has 132 valence electrons. The van der Waals surface area contributed by atoms with Crippen LogP contribution in [0, 0.1) is 6.43 Å². The number of aliphatic hydroxyl groups excluding tert-OH is 2. The Bertz CT molecular complexity index is 220. The minimum absolute atomic E-state index is 0. The Balaban J connectivity index is -0.000000439. The second-order valence-electron chi connectivity index (χ2n) is 4.03. The van der Waals surface area contributed by atoms with Gasteiger partial charge in [-0.25, -0.2) is 0 Å². The first-order valence-electron chi connectivity index (χ1n) is 6.44. The molecule has 0 spiro atoms. The zero-order valence-corrected chi connectivity index (χ0v) is 19.0. The predicted octanol–water partition coefficient (Wildman–Crippen LogP) is 1.56. The van der Waals surface area contributed by atoms with Crippen LogP contribution in [-0.4, -0.2) is 60.6 Å². The number of hydrogen-bond acceptors (Lipinski definition) is 5. The van der Waals surface area contributed by atoms with Crippen LogP contribution in [0.1, 0.15) is 26.2 Å². The minimum atomic E-state index is -3.46. The van der Waals surface area contributed by atoms with Crippen molar-refractivity contribution in [3.63, 3.8) is 0 Å². The van der Waals surface area contributed by atoms with Gasteiger partial charge in [0.05, 0.1) is 13.2 Å². The number of hydrogen-bond donors (Lipinski definition) is 3. The van der Waals surface area contributed by atoms with Gasteiger partial charge in [-0.1, -0.05) is 6.92 Å². The molecular weight excluding hydrogens is 567 g/mol. The number of aliphatic hydroxyl groups is 3. The van der Waals surface area contributed by atoms with E-state index >= 15 is 0 Å². The van der Waals surface area contributed by atoms with Gasteiger partial charge in [0, 0.05) is 26.1 Å². The van der Waals surface area contributed by atoms with E-state index in [4.69, 9.17) is 20.1 Å². The molecule has 0 aromatic heterocycles. The fourth-order valence-corrected chi connectivity index (χ4v) is 0.856. The molecule has 5 nitrogen and oxygen atoms in total. The summed E-state index contributed by atoms with van der Waals surface area (Å²) in [4.78, 5) is 0. The molecule has 10 heteroatoms. The van der Waals surface area contributed by atoms with E-state index in [9.17, 15) is 17.6 Å². The fourth-order valence-electron chi connectivity index (χ4n) is 0.856. The molecule has 22 heavy (non-hydrogen) atoms. The molecule has 0 rings (SSSR count). The number of ether oxygens (including phenoxy) is 2. The maximum atomic E-state index is 11.5. The zero-order chi connectivity index (χ0) is 16.7. The van der Waals surface area contributed by atoms with Gasteiger partial charge in [0.2, 0.25) is 0 Å². The van der Waals surface area contributed by atoms with Crippen LogP contribution in [0.5, 0.6) is 0 Å². The smallest absolute Gasteiger partial charge is 0.353 e. The molecule has 0 heterocycles. The predicted molar refractivity (Wildman–Crippen MR) is 66.9 cm³/mol. The van der Waals surface area contributed by atoms with Gasteiger partial charge in [0.1, 0.15) is 6.10 Å². The van der Waals surface area contributed by atoms with E-state index < -0.39 is 31.7 Å². The van der Waals surface area contributed by atoms with Gasteiger partial charge < -0.3 is 33.6 Å². The first-order chi connectivity index (χ1) is 9.72. The Kier molecular flexibility index (Phi) is 18.4. The quantitative estimate of drug-likeness (QED) is 0.194. The third kappa shape index (κ3) is 27.0. The van der Waals surface area contributed by atoms with Crippen molar-refractivity contribution in [3.05, 3.63) is 6.43 Å². The summed E-state index contributed by atoms with van der Waals surface area (Å²) in [5.41, 5.74) is 0. The minimum Gasteiger partial charge on any atom is -0.419 e. The SMILES string of the molecule is CCC(O)(F)F.OCCCCOCC(O)COC[C-](F)F.[Rf]. The number of rotatable bonds is 11. The molecule has 0 bridgehead atoms. The first kappa shape index (κ1) is 25.5. The van der Waals surface area contributed by atoms with Crippen molar-refractivity contribution in [2.24, 2.45) is 0 Å². The molecule has 3 N–H and O–H groups in total. The molecule has 0 saturated carbocycles. The van der Waals surface area contributed by atoms with Crippen molar-refractivity contribution in [2.75, 3.05) is 33.0 Å². The number of alkyl halides is 2. The van der Waals surface area contributed by atoms with Crippen molar-refractivity contribution in [1.29, 1.82) is 0 Å². The molecule has 0 amide bonds. The molecule has 0 saturated heterocycles. The van der Waals surface area contributed by atoms with Crippen molar-refractivity contribution >= 4 is 0 Å². The maximum absolute atomic E-state index is 11.5. The Morgan fingerprint density at radius 3 is 2.05 bits per heavy atom. The summed E-state index contributed by atoms with van der Waals surface area (Å²) < 4.78 is 54.6. The summed E-state index contributed by atoms with van der Waals surface area (Å²) in [5, 5.41) is 25.1. The summed E-state index contributed by atoms with van der Waals surface area (Å²) in [6.07, 6.45) is -5.32. The van der Waals surface area contributed by atoms with Crippen LogP contribution in [0.2, 0.25) is 0 Å². The van der Waals surface area contributed by atoms with Crippen LogP contribution in [0.25, 0.3) is 0 Å². The average molecular weight is 590 g/mol. The van der Waals surface area contributed by atoms with E-state index in [0.29, 0.717) is 19.4 Å². The van der Waals surface area contributed by atoms with Gasteiger partial charge in [-0.05, 0) is 19.4 Å². The van der Waals surface area contributed by atoms with E-state index in [-0.39, 0.29) is 19.8 Å². The molecule has 0 aliphatic heterocycles. The zero-order valence-electron chi connectivity index (χ0n) is 12.6. The molecular formula is C12H23F4O5Rf-. The Morgan fingerprint density at radius 2 is 1.64 bits per heavy atom. The van der Waals surface area contributed by atoms with Crippen molar-refractivity contribution in [2.45, 2.75) is 38.4 Å². The summed E-state index contributed by atoms with van der Waals surface area (Å²) in [5.74, 6) is 0. The maximum Gasteiger partial charge on any atom is 0.353 e. The number of unbranched alkanes of at least 4 members (excludes halogenated alkanes) is 1. The summed E-state index contributed by atoms with van der Waals surface area (Å²) in [6, 6.07) is 0. The molecule has 0 aromatic carbocycles. The molecule has 1 unspecified atom stereocenters. The number of halogens is 4. The van der Waals surface area contributed by atoms with Gasteiger partial charge in [0.25, 0.3) is 0 Å². The first-order valence-corrected chi connectivity index (χ1v) is 6.44. The topological polar surface area (TPSA) is 79.2 Å². The molecule has 1 atom stereocenters. The van der Waals surface area contributed by atoms with Gasteiger partial charge >= 0.3 is 6.11 Å². The van der Waals surface area contributed by atoms with Crippen LogP contribution in [0.15, 0.2) is 0 Å². The van der Waals surface area contributed by atoms with Crippen molar-refractivity contribution in [1.82, 2.24) is 0 Å². The van der Waals surface area contributed by atoms with Gasteiger partial charge in [-0.2, -0.15) is 8.78 Å². The van der Waals surface area contributed by atoms with E-state index in [2.05, 4.69) is 4.74 Å². The van der Waals surface area contributed by atoms with Crippen LogP contribution < -0.4 is 0 Å². The van der Waals surface area contributed by atoms with Crippen LogP contribution >= 0.6 is 0 Å². The van der Waals surface area contributed by atoms with Crippen LogP contribution in [0.3, 0.4) is 0 Å². The largest absolute Gasteiger partial charge is 0.419 e. The van der Waals surface area contributed by atoms with E-state index in [1.807, 2.05) is 0 Å². The molecule has 0 aromatic rings. The Labute approximate surface area is 121 Å². The van der Waals surface area contributed by atoms with Crippen LogP contribution in [-0.2, 0) is 9.47 Å². The Morgan fingerprint density at radius 1 is 1.14 bits per heavy atom. The molecule has 0 fully saturated rings. The molecule has 0 radical (unpaired) electrons. The summed E-state index contributed by atoms with van der Waals surface area (Å²) in [6.45, 7) is 0.889. The monoisotopic (exact) mass is 590 g/mol. The summed E-state index contributed by atoms with van der Waals surface area (Å²) in [7, 11) is 0. The van der Waals surface area contributed by atoms with Gasteiger partial charge in [0.15, 0.2) is 0 Å². The van der Waals surface area contributed by atoms with Gasteiger partial charge in [-0.3, -0.25) is 0 Å². The second kappa shape index (κ2) is 15.9. The van der Waals surface area contributed by atoms with Crippen molar-refractivity contribution in [3.8, 4) is 0 Å². The Hall–Kier alpha value is -1.48. The normalized spacial score (nSPS) is 12.4. The molecule has 0 aliphatic rings. The molecule has 0 aliphatic carbocycles. The third-order valence-corrected chi connectivity index (χ3v) is 1.95. The third-order valence-electron chi connectivity index (χ3n) is 1.95. The van der Waals surface area contributed by atoms with Gasteiger partial charge in [-0.15, -0.1) is 0 Å². The van der Waals surface area contributed by atoms with Crippen LogP contribution in [0.4, 0.5) is 17.6 Å². The van der Waals surface area contributed by atoms with E-state index in [0.717, 1.165) is 0 Å². The fraction of sp³-hybridized carbons (Fsp3) is 0.917. The summed E-state index contributed by atoms with van der Waals surface area (Å²) >= 11 is 0. The average Bonchev–Trinajstić information content (AvgIpc) is 2.38.